The van der Waals surface area contributed by atoms with Crippen LogP contribution in [0.4, 0.5) is 0 Å². The maximum Gasteiger partial charge on any atom is 0.311 e. The van der Waals surface area contributed by atoms with E-state index in [9.17, 15) is 38.4 Å². The van der Waals surface area contributed by atoms with Crippen molar-refractivity contribution in [3.8, 4) is 0 Å². The van der Waals surface area contributed by atoms with Crippen LogP contribution in [0.15, 0.2) is 0 Å². The zero-order valence-corrected chi connectivity index (χ0v) is 63.4. The lowest BCUT2D eigenvalue weighted by atomic mass is 9.82. The second-order valence-corrected chi connectivity index (χ2v) is 35.5. The van der Waals surface area contributed by atoms with Crippen LogP contribution in [0, 0.1) is 93.7 Å². The summed E-state index contributed by atoms with van der Waals surface area (Å²) in [6, 6.07) is 0. The van der Waals surface area contributed by atoms with Gasteiger partial charge in [0.15, 0.2) is 0 Å². The van der Waals surface area contributed by atoms with Crippen LogP contribution in [-0.2, 0) is 76.3 Å². The number of ether oxygens (including phenoxy) is 8. The maximum absolute atomic E-state index is 12.9. The fourth-order valence-electron chi connectivity index (χ4n) is 19.6. The van der Waals surface area contributed by atoms with Gasteiger partial charge in [0.2, 0.25) is 0 Å². The highest BCUT2D eigenvalue weighted by molar-refractivity contribution is 5.79. The lowest BCUT2D eigenvalue weighted by Gasteiger charge is -2.38. The van der Waals surface area contributed by atoms with E-state index in [-0.39, 0.29) is 213 Å². The highest BCUT2D eigenvalue weighted by Crippen LogP contribution is 2.56. The molecule has 16 heteroatoms. The van der Waals surface area contributed by atoms with E-state index in [1.54, 1.807) is 0 Å². The monoisotopic (exact) mass is 1500 g/mol. The van der Waals surface area contributed by atoms with E-state index in [1.807, 2.05) is 69.2 Å². The van der Waals surface area contributed by atoms with Gasteiger partial charge in [-0.2, -0.15) is 0 Å². The number of hydrogen-bond donors (Lipinski definition) is 0. The average molecular weight is 1500 g/mol. The SMILES string of the molecule is C.C.C.C.C.C.C.C.CCC(C)(C)C(=O)OC1CC2CC(C(=O)OC3(C)CCCC3)C1C2.CCC(C)C(=O)OC1CC2CC(C(=O)OC3(C)CCCCC3)C1C2.CCC(C)C(=O)OC1CC2CC(C(=O)OC3(CC)CCCCC3)C1C2.CCC1(OC(=O)C2CC3CC(OC(=O)C(C)(C)CC)C2C3)CCCC1. The van der Waals surface area contributed by atoms with Crippen LogP contribution < -0.4 is 0 Å². The molecule has 0 saturated heterocycles. The normalized spacial score (nSPS) is 31.8. The van der Waals surface area contributed by atoms with Crippen LogP contribution >= 0.6 is 0 Å². The molecule has 0 spiro atoms. The van der Waals surface area contributed by atoms with Gasteiger partial charge in [-0.3, -0.25) is 38.4 Å². The lowest BCUT2D eigenvalue weighted by Crippen LogP contribution is -2.41. The van der Waals surface area contributed by atoms with Crippen LogP contribution in [0.2, 0.25) is 0 Å². The van der Waals surface area contributed by atoms with Gasteiger partial charge in [-0.15, -0.1) is 0 Å². The second-order valence-electron chi connectivity index (χ2n) is 35.5. The first-order chi connectivity index (χ1) is 46.4. The Labute approximate surface area is 648 Å². The Balaban J connectivity index is 0.000000689. The van der Waals surface area contributed by atoms with Crippen molar-refractivity contribution in [1.29, 1.82) is 0 Å². The minimum atomic E-state index is -0.450. The molecule has 18 atom stereocenters. The molecule has 0 N–H and O–H groups in total. The van der Waals surface area contributed by atoms with Crippen LogP contribution in [-0.4, -0.2) is 94.6 Å². The Morgan fingerprint density at radius 2 is 0.566 bits per heavy atom. The Bertz CT molecular complexity index is 2730. The third-order valence-electron chi connectivity index (χ3n) is 27.6. The van der Waals surface area contributed by atoms with Gasteiger partial charge in [-0.05, 0) is 284 Å². The molecule has 0 aliphatic heterocycles. The topological polar surface area (TPSA) is 210 Å². The summed E-state index contributed by atoms with van der Waals surface area (Å²) in [4.78, 5) is 100. The minimum absolute atomic E-state index is 0. The fourth-order valence-corrected chi connectivity index (χ4v) is 19.6. The van der Waals surface area contributed by atoms with Crippen LogP contribution in [0.1, 0.15) is 387 Å². The molecule has 12 aliphatic rings. The van der Waals surface area contributed by atoms with E-state index in [0.717, 1.165) is 218 Å². The second kappa shape index (κ2) is 42.4. The average Bonchev–Trinajstić information content (AvgIpc) is 1.64. The van der Waals surface area contributed by atoms with Crippen molar-refractivity contribution in [3.05, 3.63) is 0 Å². The van der Waals surface area contributed by atoms with E-state index in [4.69, 9.17) is 37.9 Å². The molecule has 18 unspecified atom stereocenters. The number of carbonyl (C=O) groups excluding carboxylic acids is 8. The number of esters is 8. The van der Waals surface area contributed by atoms with Crippen molar-refractivity contribution in [2.24, 2.45) is 93.7 Å². The van der Waals surface area contributed by atoms with Crippen molar-refractivity contribution in [3.63, 3.8) is 0 Å². The van der Waals surface area contributed by atoms with Gasteiger partial charge >= 0.3 is 47.8 Å². The molecule has 8 bridgehead atoms. The molecular formula is C90H164O16. The molecule has 0 heterocycles. The zero-order valence-electron chi connectivity index (χ0n) is 63.4. The Kier molecular flexibility index (Phi) is 39.9. The molecule has 0 amide bonds. The molecule has 12 aliphatic carbocycles. The molecule has 620 valence electrons. The van der Waals surface area contributed by atoms with Gasteiger partial charge in [-0.1, -0.05) is 128 Å². The van der Waals surface area contributed by atoms with E-state index in [0.29, 0.717) is 23.7 Å². The zero-order chi connectivity index (χ0) is 71.1. The third kappa shape index (κ3) is 23.9. The predicted octanol–water partition coefficient (Wildman–Crippen LogP) is 22.9. The summed E-state index contributed by atoms with van der Waals surface area (Å²) in [5, 5.41) is 0. The molecule has 0 aromatic rings. The third-order valence-corrected chi connectivity index (χ3v) is 27.6. The summed E-state index contributed by atoms with van der Waals surface area (Å²) in [7, 11) is 0. The van der Waals surface area contributed by atoms with Crippen LogP contribution in [0.5, 0.6) is 0 Å². The van der Waals surface area contributed by atoms with Gasteiger partial charge in [0.05, 0.1) is 46.3 Å². The molecule has 0 radical (unpaired) electrons. The van der Waals surface area contributed by atoms with Gasteiger partial charge in [0.25, 0.3) is 0 Å². The summed E-state index contributed by atoms with van der Waals surface area (Å²) in [6.07, 6.45) is 35.5. The lowest BCUT2D eigenvalue weighted by molar-refractivity contribution is -0.176. The first-order valence-electron chi connectivity index (χ1n) is 40.2. The van der Waals surface area contributed by atoms with Crippen LogP contribution in [0.25, 0.3) is 0 Å². The Morgan fingerprint density at radius 3 is 0.811 bits per heavy atom. The standard InChI is InChI=1S/2C21H34O4.2C20H32O4.8CH4/c1-5-20(3,4)19(23)24-17-13-14-11-15(17)16(12-14)18(22)25-21(6-2)9-7-8-10-21;1-4-14(3)19(22)24-18-13-15-11-16(18)17(12-15)20(23)25-21(5-2)9-7-6-8-10-21;1-5-19(2,3)18(22)23-16-12-13-10-14(16)15(11-13)17(21)24-20(4)8-6-7-9-20;1-4-13(2)18(21)23-17-12-14-10-15(17)16(11-14)19(22)24-20(3)8-6-5-7-9-20;;;;;;;;/h14-17H,5-13H2,1-4H3;14-18H,4-13H2,1-3H3;13-16H,5-12H2,1-4H3;13-17H,4-12H2,1-3H3;8*1H4. The minimum Gasteiger partial charge on any atom is -0.462 e. The van der Waals surface area contributed by atoms with E-state index >= 15 is 0 Å². The highest BCUT2D eigenvalue weighted by Gasteiger charge is 2.57. The molecule has 12 rings (SSSR count). The number of hydrogen-bond acceptors (Lipinski definition) is 16. The summed E-state index contributed by atoms with van der Waals surface area (Å²) >= 11 is 0. The molecule has 0 aromatic heterocycles. The predicted molar refractivity (Wildman–Crippen MR) is 428 cm³/mol. The van der Waals surface area contributed by atoms with Crippen molar-refractivity contribution >= 4 is 47.8 Å². The molecule has 0 aromatic carbocycles. The molecule has 16 nitrogen and oxygen atoms in total. The molecular weight excluding hydrogens is 1340 g/mol. The van der Waals surface area contributed by atoms with Gasteiger partial charge in [-0.25, -0.2) is 0 Å². The number of rotatable bonds is 22. The van der Waals surface area contributed by atoms with E-state index < -0.39 is 10.8 Å². The van der Waals surface area contributed by atoms with Crippen molar-refractivity contribution in [2.45, 2.75) is 434 Å². The van der Waals surface area contributed by atoms with E-state index in [2.05, 4.69) is 27.7 Å². The Hall–Kier alpha value is -4.24. The fraction of sp³-hybridized carbons (Fsp3) is 0.911. The van der Waals surface area contributed by atoms with Crippen LogP contribution in [0.3, 0.4) is 0 Å². The maximum atomic E-state index is 12.9. The van der Waals surface area contributed by atoms with Gasteiger partial charge < -0.3 is 37.9 Å². The summed E-state index contributed by atoms with van der Waals surface area (Å²) < 4.78 is 47.2. The highest BCUT2D eigenvalue weighted by atomic mass is 16.6. The van der Waals surface area contributed by atoms with Crippen molar-refractivity contribution in [1.82, 2.24) is 0 Å². The first-order valence-corrected chi connectivity index (χ1v) is 40.2. The van der Waals surface area contributed by atoms with Crippen molar-refractivity contribution < 1.29 is 76.3 Å². The number of carbonyl (C=O) groups is 8. The van der Waals surface area contributed by atoms with Gasteiger partial charge in [0, 0.05) is 23.7 Å². The summed E-state index contributed by atoms with van der Waals surface area (Å²) in [5.41, 5.74) is -1.91. The van der Waals surface area contributed by atoms with Gasteiger partial charge in [0.1, 0.15) is 46.8 Å². The quantitative estimate of drug-likeness (QED) is 0.0729. The molecule has 12 fully saturated rings. The smallest absolute Gasteiger partial charge is 0.311 e. The summed E-state index contributed by atoms with van der Waals surface area (Å²) in [5.74, 6) is 1.64. The largest absolute Gasteiger partial charge is 0.462 e. The first kappa shape index (κ1) is 99.8. The molecule has 106 heavy (non-hydrogen) atoms. The Morgan fingerprint density at radius 1 is 0.330 bits per heavy atom. The number of fused-ring (bicyclic) bond motifs is 8. The van der Waals surface area contributed by atoms with Crippen molar-refractivity contribution in [2.75, 3.05) is 0 Å². The molecule has 12 saturated carbocycles. The van der Waals surface area contributed by atoms with E-state index in [1.165, 1.54) is 12.8 Å². The summed E-state index contributed by atoms with van der Waals surface area (Å²) in [6.45, 7) is 27.9.